The lowest BCUT2D eigenvalue weighted by Crippen LogP contribution is -2.50. The fourth-order valence-electron chi connectivity index (χ4n) is 3.15. The minimum atomic E-state index is -1.06. The number of rotatable bonds is 3. The summed E-state index contributed by atoms with van der Waals surface area (Å²) in [6.45, 7) is 1.10. The molecule has 1 aliphatic heterocycles. The van der Waals surface area contributed by atoms with Crippen molar-refractivity contribution in [2.75, 3.05) is 32.1 Å². The lowest BCUT2D eigenvalue weighted by Gasteiger charge is -2.40. The molecule has 1 amide bonds. The molecule has 1 aromatic carbocycles. The van der Waals surface area contributed by atoms with Crippen molar-refractivity contribution in [1.82, 2.24) is 9.88 Å². The Morgan fingerprint density at radius 1 is 1.38 bits per heavy atom. The number of β-amino-alcohol motifs (C(OH)–C–C–N with tert-alkyl or cyclic N) is 1. The number of aliphatic hydroxyl groups is 1. The summed E-state index contributed by atoms with van der Waals surface area (Å²) in [7, 11) is 3.37. The molecule has 0 radical (unpaired) electrons. The van der Waals surface area contributed by atoms with Gasteiger partial charge in [-0.25, -0.2) is 9.37 Å². The predicted molar refractivity (Wildman–Crippen MR) is 91.4 cm³/mol. The Labute approximate surface area is 140 Å². The van der Waals surface area contributed by atoms with Crippen LogP contribution in [0, 0.1) is 5.82 Å². The van der Waals surface area contributed by atoms with Gasteiger partial charge >= 0.3 is 0 Å². The highest BCUT2D eigenvalue weighted by Crippen LogP contribution is 2.29. The fourth-order valence-corrected chi connectivity index (χ4v) is 3.15. The van der Waals surface area contributed by atoms with Crippen LogP contribution in [0.2, 0.25) is 0 Å². The van der Waals surface area contributed by atoms with E-state index in [-0.39, 0.29) is 18.1 Å². The summed E-state index contributed by atoms with van der Waals surface area (Å²) in [6, 6.07) is 8.29. The minimum Gasteiger partial charge on any atom is -0.388 e. The zero-order valence-corrected chi connectivity index (χ0v) is 14.0. The van der Waals surface area contributed by atoms with E-state index < -0.39 is 5.60 Å². The van der Waals surface area contributed by atoms with E-state index in [1.807, 2.05) is 17.0 Å². The van der Waals surface area contributed by atoms with Crippen LogP contribution in [-0.2, 0) is 4.79 Å². The van der Waals surface area contributed by atoms with Gasteiger partial charge in [-0.1, -0.05) is 0 Å². The second-order valence-electron chi connectivity index (χ2n) is 6.72. The Bertz CT molecular complexity index is 765. The fraction of sp³-hybridized carbons (Fsp3) is 0.444. The molecule has 1 saturated heterocycles. The highest BCUT2D eigenvalue weighted by molar-refractivity contribution is 5.80. The average Bonchev–Trinajstić information content (AvgIpc) is 2.53. The normalized spacial score (nSPS) is 21.1. The molecule has 0 aliphatic carbocycles. The monoisotopic (exact) mass is 331 g/mol. The number of carbonyl (C=O) groups excluding carboxylic acids is 1. The first kappa shape index (κ1) is 16.6. The maximum Gasteiger partial charge on any atom is 0.225 e. The van der Waals surface area contributed by atoms with Crippen molar-refractivity contribution in [1.29, 1.82) is 0 Å². The summed E-state index contributed by atoms with van der Waals surface area (Å²) in [6.07, 6.45) is 1.46. The number of piperidine rings is 1. The van der Waals surface area contributed by atoms with E-state index in [9.17, 15) is 14.3 Å². The Morgan fingerprint density at radius 2 is 2.12 bits per heavy atom. The third kappa shape index (κ3) is 3.48. The van der Waals surface area contributed by atoms with E-state index >= 15 is 0 Å². The van der Waals surface area contributed by atoms with Crippen molar-refractivity contribution < 1.29 is 14.3 Å². The first-order valence-corrected chi connectivity index (χ1v) is 8.10. The van der Waals surface area contributed by atoms with Gasteiger partial charge in [-0.05, 0) is 37.1 Å². The van der Waals surface area contributed by atoms with Gasteiger partial charge in [0.2, 0.25) is 5.91 Å². The lowest BCUT2D eigenvalue weighted by atomic mass is 9.89. The molecule has 128 valence electrons. The quantitative estimate of drug-likeness (QED) is 0.937. The topological polar surface area (TPSA) is 56.7 Å². The van der Waals surface area contributed by atoms with Crippen LogP contribution in [0.15, 0.2) is 30.3 Å². The van der Waals surface area contributed by atoms with Crippen molar-refractivity contribution >= 4 is 22.6 Å². The Morgan fingerprint density at radius 3 is 2.88 bits per heavy atom. The summed E-state index contributed by atoms with van der Waals surface area (Å²) in [5, 5.41) is 11.7. The molecule has 0 bridgehead atoms. The van der Waals surface area contributed by atoms with Gasteiger partial charge in [-0.3, -0.25) is 4.79 Å². The largest absolute Gasteiger partial charge is 0.388 e. The standard InChI is InChI=1S/C18H22FN3O2/c1-21(2)17(23)11-18(24)8-3-9-22(12-18)16-7-5-13-4-6-14(19)10-15(13)20-16/h4-7,10,24H,3,8-9,11-12H2,1-2H3. The van der Waals surface area contributed by atoms with Crippen LogP contribution in [-0.4, -0.2) is 53.7 Å². The molecule has 0 saturated carbocycles. The van der Waals surface area contributed by atoms with E-state index in [1.165, 1.54) is 17.0 Å². The number of hydrogen-bond donors (Lipinski definition) is 1. The number of halogens is 1. The number of aromatic nitrogens is 1. The molecule has 1 aliphatic rings. The van der Waals surface area contributed by atoms with Gasteiger partial charge in [0.1, 0.15) is 11.6 Å². The second kappa shape index (κ2) is 6.36. The number of hydrogen-bond acceptors (Lipinski definition) is 4. The van der Waals surface area contributed by atoms with Crippen LogP contribution < -0.4 is 4.90 Å². The predicted octanol–water partition coefficient (Wildman–Crippen LogP) is 2.18. The first-order chi connectivity index (χ1) is 11.4. The molecule has 1 atom stereocenters. The number of carbonyl (C=O) groups is 1. The second-order valence-corrected chi connectivity index (χ2v) is 6.72. The molecule has 2 heterocycles. The average molecular weight is 331 g/mol. The Hall–Kier alpha value is -2.21. The Balaban J connectivity index is 1.82. The summed E-state index contributed by atoms with van der Waals surface area (Å²) in [5.74, 6) is 0.287. The molecule has 1 N–H and O–H groups in total. The van der Waals surface area contributed by atoms with Gasteiger partial charge in [0, 0.05) is 38.6 Å². The van der Waals surface area contributed by atoms with Crippen molar-refractivity contribution in [2.24, 2.45) is 0 Å². The number of anilines is 1. The van der Waals surface area contributed by atoms with Crippen molar-refractivity contribution in [2.45, 2.75) is 24.9 Å². The molecule has 3 rings (SSSR count). The third-order valence-corrected chi connectivity index (χ3v) is 4.50. The van der Waals surface area contributed by atoms with Crippen LogP contribution in [0.25, 0.3) is 10.9 Å². The molecule has 5 nitrogen and oxygen atoms in total. The maximum atomic E-state index is 13.4. The highest BCUT2D eigenvalue weighted by atomic mass is 19.1. The van der Waals surface area contributed by atoms with Gasteiger partial charge < -0.3 is 14.9 Å². The molecule has 1 aromatic heterocycles. The molecule has 0 spiro atoms. The van der Waals surface area contributed by atoms with Gasteiger partial charge in [0.15, 0.2) is 0 Å². The third-order valence-electron chi connectivity index (χ3n) is 4.50. The molecule has 1 fully saturated rings. The number of pyridine rings is 1. The van der Waals surface area contributed by atoms with E-state index in [4.69, 9.17) is 0 Å². The molecule has 6 heteroatoms. The summed E-state index contributed by atoms with van der Waals surface area (Å²) < 4.78 is 13.4. The van der Waals surface area contributed by atoms with E-state index in [1.54, 1.807) is 20.2 Å². The van der Waals surface area contributed by atoms with Crippen LogP contribution in [0.1, 0.15) is 19.3 Å². The minimum absolute atomic E-state index is 0.0899. The number of fused-ring (bicyclic) bond motifs is 1. The maximum absolute atomic E-state index is 13.4. The van der Waals surface area contributed by atoms with Crippen molar-refractivity contribution in [3.8, 4) is 0 Å². The zero-order chi connectivity index (χ0) is 17.3. The first-order valence-electron chi connectivity index (χ1n) is 8.10. The highest BCUT2D eigenvalue weighted by Gasteiger charge is 2.36. The zero-order valence-electron chi connectivity index (χ0n) is 14.0. The van der Waals surface area contributed by atoms with E-state index in [0.717, 1.165) is 18.4 Å². The Kier molecular flexibility index (Phi) is 4.41. The van der Waals surface area contributed by atoms with Gasteiger partial charge in [0.25, 0.3) is 0 Å². The van der Waals surface area contributed by atoms with Crippen LogP contribution in [0.5, 0.6) is 0 Å². The van der Waals surface area contributed by atoms with Gasteiger partial charge in [-0.15, -0.1) is 0 Å². The van der Waals surface area contributed by atoms with Crippen LogP contribution >= 0.6 is 0 Å². The molecule has 1 unspecified atom stereocenters. The van der Waals surface area contributed by atoms with E-state index in [0.29, 0.717) is 24.3 Å². The number of nitrogens with zero attached hydrogens (tertiary/aromatic N) is 3. The smallest absolute Gasteiger partial charge is 0.225 e. The SMILES string of the molecule is CN(C)C(=O)CC1(O)CCCN(c2ccc3ccc(F)cc3n2)C1. The van der Waals surface area contributed by atoms with Crippen LogP contribution in [0.3, 0.4) is 0 Å². The molecule has 2 aromatic rings. The number of benzene rings is 1. The number of amides is 1. The van der Waals surface area contributed by atoms with E-state index in [2.05, 4.69) is 4.98 Å². The summed E-state index contributed by atoms with van der Waals surface area (Å²) in [4.78, 5) is 19.9. The lowest BCUT2D eigenvalue weighted by molar-refractivity contribution is -0.134. The molecule has 24 heavy (non-hydrogen) atoms. The summed E-state index contributed by atoms with van der Waals surface area (Å²) >= 11 is 0. The van der Waals surface area contributed by atoms with Crippen LogP contribution in [0.4, 0.5) is 10.2 Å². The van der Waals surface area contributed by atoms with Crippen molar-refractivity contribution in [3.05, 3.63) is 36.1 Å². The summed E-state index contributed by atoms with van der Waals surface area (Å²) in [5.41, 5.74) is -0.468. The molecular weight excluding hydrogens is 309 g/mol. The van der Waals surface area contributed by atoms with Crippen molar-refractivity contribution in [3.63, 3.8) is 0 Å². The van der Waals surface area contributed by atoms with Gasteiger partial charge in [0.05, 0.1) is 17.5 Å². The molecular formula is C18H22FN3O2. The van der Waals surface area contributed by atoms with Gasteiger partial charge in [-0.2, -0.15) is 0 Å².